The Hall–Kier alpha value is -2.08. The van der Waals surface area contributed by atoms with Crippen LogP contribution < -0.4 is 5.32 Å². The van der Waals surface area contributed by atoms with Crippen molar-refractivity contribution in [1.82, 2.24) is 14.4 Å². The standard InChI is InChI=1S/C12H9BrN4O/c13-10-6-15-11-4-3-8(7-17(10)11)16-12(18)9-2-1-5-14-9/h1-7,14H,(H,16,18). The first-order valence-corrected chi connectivity index (χ1v) is 6.11. The largest absolute Gasteiger partial charge is 0.357 e. The quantitative estimate of drug-likeness (QED) is 0.764. The van der Waals surface area contributed by atoms with Crippen LogP contribution in [0.4, 0.5) is 5.69 Å². The summed E-state index contributed by atoms with van der Waals surface area (Å²) in [6.45, 7) is 0. The van der Waals surface area contributed by atoms with E-state index in [0.717, 1.165) is 10.3 Å². The molecular weight excluding hydrogens is 296 g/mol. The molecule has 0 aliphatic carbocycles. The number of hydrogen-bond donors (Lipinski definition) is 2. The van der Waals surface area contributed by atoms with E-state index in [1.54, 1.807) is 24.5 Å². The third-order valence-corrected chi connectivity index (χ3v) is 3.15. The number of amides is 1. The molecule has 0 atom stereocenters. The highest BCUT2D eigenvalue weighted by Crippen LogP contribution is 2.17. The van der Waals surface area contributed by atoms with Gasteiger partial charge < -0.3 is 10.3 Å². The number of rotatable bonds is 2. The number of nitrogens with one attached hydrogen (secondary N) is 2. The van der Waals surface area contributed by atoms with Crippen LogP contribution in [0.1, 0.15) is 10.5 Å². The van der Waals surface area contributed by atoms with Crippen LogP contribution in [0.3, 0.4) is 0 Å². The van der Waals surface area contributed by atoms with Gasteiger partial charge in [-0.2, -0.15) is 0 Å². The molecule has 0 aliphatic rings. The van der Waals surface area contributed by atoms with E-state index in [-0.39, 0.29) is 5.91 Å². The number of halogens is 1. The van der Waals surface area contributed by atoms with Crippen LogP contribution in [0.2, 0.25) is 0 Å². The molecular formula is C12H9BrN4O. The van der Waals surface area contributed by atoms with Gasteiger partial charge in [-0.15, -0.1) is 0 Å². The molecule has 6 heteroatoms. The molecule has 3 aromatic heterocycles. The van der Waals surface area contributed by atoms with Crippen LogP contribution in [-0.4, -0.2) is 20.3 Å². The van der Waals surface area contributed by atoms with Crippen LogP contribution in [0.25, 0.3) is 5.65 Å². The van der Waals surface area contributed by atoms with E-state index in [1.807, 2.05) is 22.7 Å². The molecule has 3 heterocycles. The smallest absolute Gasteiger partial charge is 0.272 e. The maximum Gasteiger partial charge on any atom is 0.272 e. The van der Waals surface area contributed by atoms with E-state index in [4.69, 9.17) is 0 Å². The Morgan fingerprint density at radius 3 is 3.06 bits per heavy atom. The van der Waals surface area contributed by atoms with Gasteiger partial charge in [-0.1, -0.05) is 0 Å². The molecule has 5 nitrogen and oxygen atoms in total. The number of H-pyrrole nitrogens is 1. The average Bonchev–Trinajstić information content (AvgIpc) is 3.00. The number of pyridine rings is 1. The van der Waals surface area contributed by atoms with Crippen LogP contribution in [0.5, 0.6) is 0 Å². The Labute approximate surface area is 111 Å². The molecule has 0 saturated heterocycles. The van der Waals surface area contributed by atoms with Crippen molar-refractivity contribution in [3.05, 3.63) is 53.2 Å². The van der Waals surface area contributed by atoms with E-state index in [9.17, 15) is 4.79 Å². The number of carbonyl (C=O) groups is 1. The summed E-state index contributed by atoms with van der Waals surface area (Å²) in [4.78, 5) is 18.9. The molecule has 0 bridgehead atoms. The Balaban J connectivity index is 1.91. The molecule has 0 aromatic carbocycles. The summed E-state index contributed by atoms with van der Waals surface area (Å²) in [5, 5.41) is 2.81. The van der Waals surface area contributed by atoms with Gasteiger partial charge >= 0.3 is 0 Å². The lowest BCUT2D eigenvalue weighted by molar-refractivity contribution is 0.102. The maximum atomic E-state index is 11.9. The van der Waals surface area contributed by atoms with Crippen molar-refractivity contribution >= 4 is 33.2 Å². The average molecular weight is 305 g/mol. The number of aromatic nitrogens is 3. The first-order valence-electron chi connectivity index (χ1n) is 5.31. The van der Waals surface area contributed by atoms with E-state index in [2.05, 4.69) is 31.2 Å². The highest BCUT2D eigenvalue weighted by Gasteiger charge is 2.07. The van der Waals surface area contributed by atoms with Gasteiger partial charge in [0, 0.05) is 12.4 Å². The minimum Gasteiger partial charge on any atom is -0.357 e. The van der Waals surface area contributed by atoms with Crippen LogP contribution in [-0.2, 0) is 0 Å². The Kier molecular flexibility index (Phi) is 2.64. The van der Waals surface area contributed by atoms with Crippen molar-refractivity contribution in [2.45, 2.75) is 0 Å². The van der Waals surface area contributed by atoms with Gasteiger partial charge in [-0.25, -0.2) is 4.98 Å². The Bertz CT molecular complexity index is 702. The van der Waals surface area contributed by atoms with Crippen molar-refractivity contribution in [3.8, 4) is 0 Å². The van der Waals surface area contributed by atoms with Gasteiger partial charge in [0.15, 0.2) is 0 Å². The number of hydrogen-bond acceptors (Lipinski definition) is 2. The first-order chi connectivity index (χ1) is 8.74. The lowest BCUT2D eigenvalue weighted by atomic mass is 10.3. The Morgan fingerprint density at radius 2 is 2.28 bits per heavy atom. The zero-order valence-corrected chi connectivity index (χ0v) is 10.8. The summed E-state index contributed by atoms with van der Waals surface area (Å²) in [5.41, 5.74) is 2.06. The first kappa shape index (κ1) is 11.0. The molecule has 3 aromatic rings. The molecule has 0 saturated carbocycles. The van der Waals surface area contributed by atoms with Gasteiger partial charge in [-0.3, -0.25) is 9.20 Å². The number of nitrogens with zero attached hydrogens (tertiary/aromatic N) is 2. The molecule has 3 rings (SSSR count). The number of carbonyl (C=O) groups excluding carboxylic acids is 1. The van der Waals surface area contributed by atoms with Gasteiger partial charge in [0.1, 0.15) is 15.9 Å². The minimum absolute atomic E-state index is 0.171. The number of fused-ring (bicyclic) bond motifs is 1. The summed E-state index contributed by atoms with van der Waals surface area (Å²) < 4.78 is 2.69. The summed E-state index contributed by atoms with van der Waals surface area (Å²) in [6.07, 6.45) is 5.24. The highest BCUT2D eigenvalue weighted by atomic mass is 79.9. The number of imidazole rings is 1. The minimum atomic E-state index is -0.171. The fourth-order valence-electron chi connectivity index (χ4n) is 1.69. The molecule has 0 fully saturated rings. The highest BCUT2D eigenvalue weighted by molar-refractivity contribution is 9.10. The monoisotopic (exact) mass is 304 g/mol. The predicted molar refractivity (Wildman–Crippen MR) is 71.6 cm³/mol. The van der Waals surface area contributed by atoms with E-state index in [0.29, 0.717) is 11.4 Å². The summed E-state index contributed by atoms with van der Waals surface area (Å²) >= 11 is 3.39. The number of aromatic amines is 1. The molecule has 18 heavy (non-hydrogen) atoms. The van der Waals surface area contributed by atoms with Gasteiger partial charge in [0.25, 0.3) is 5.91 Å². The molecule has 0 aliphatic heterocycles. The molecule has 0 radical (unpaired) electrons. The van der Waals surface area contributed by atoms with Gasteiger partial charge in [0.2, 0.25) is 0 Å². The number of anilines is 1. The summed E-state index contributed by atoms with van der Waals surface area (Å²) in [6, 6.07) is 7.16. The van der Waals surface area contributed by atoms with Crippen molar-refractivity contribution < 1.29 is 4.79 Å². The van der Waals surface area contributed by atoms with Gasteiger partial charge in [-0.05, 0) is 40.2 Å². The van der Waals surface area contributed by atoms with Crippen LogP contribution in [0.15, 0.2) is 47.5 Å². The maximum absolute atomic E-state index is 11.9. The second-order valence-electron chi connectivity index (χ2n) is 3.76. The Morgan fingerprint density at radius 1 is 1.39 bits per heavy atom. The molecule has 0 unspecified atom stereocenters. The van der Waals surface area contributed by atoms with Gasteiger partial charge in [0.05, 0.1) is 11.9 Å². The normalized spacial score (nSPS) is 10.7. The van der Waals surface area contributed by atoms with E-state index >= 15 is 0 Å². The summed E-state index contributed by atoms with van der Waals surface area (Å²) in [5.74, 6) is -0.171. The second-order valence-corrected chi connectivity index (χ2v) is 4.58. The van der Waals surface area contributed by atoms with E-state index < -0.39 is 0 Å². The van der Waals surface area contributed by atoms with Crippen molar-refractivity contribution in [2.24, 2.45) is 0 Å². The molecule has 1 amide bonds. The van der Waals surface area contributed by atoms with Crippen molar-refractivity contribution in [3.63, 3.8) is 0 Å². The topological polar surface area (TPSA) is 62.2 Å². The fraction of sp³-hybridized carbons (Fsp3) is 0. The summed E-state index contributed by atoms with van der Waals surface area (Å²) in [7, 11) is 0. The van der Waals surface area contributed by atoms with Crippen molar-refractivity contribution in [2.75, 3.05) is 5.32 Å². The zero-order valence-electron chi connectivity index (χ0n) is 9.22. The lowest BCUT2D eigenvalue weighted by Crippen LogP contribution is -2.12. The SMILES string of the molecule is O=C(Nc1ccc2ncc(Br)n2c1)c1ccc[nH]1. The predicted octanol–water partition coefficient (Wildman–Crippen LogP) is 2.68. The molecule has 2 N–H and O–H groups in total. The van der Waals surface area contributed by atoms with Crippen LogP contribution >= 0.6 is 15.9 Å². The lowest BCUT2D eigenvalue weighted by Gasteiger charge is -2.04. The third-order valence-electron chi connectivity index (χ3n) is 2.56. The third kappa shape index (κ3) is 1.91. The van der Waals surface area contributed by atoms with Crippen molar-refractivity contribution in [1.29, 1.82) is 0 Å². The van der Waals surface area contributed by atoms with Crippen LogP contribution in [0, 0.1) is 0 Å². The molecule has 0 spiro atoms. The molecule has 90 valence electrons. The second kappa shape index (κ2) is 4.30. The fourth-order valence-corrected chi connectivity index (χ4v) is 2.08. The van der Waals surface area contributed by atoms with E-state index in [1.165, 1.54) is 0 Å². The zero-order chi connectivity index (χ0) is 12.5.